The van der Waals surface area contributed by atoms with E-state index in [1.54, 1.807) is 0 Å². The molecule has 0 aliphatic rings. The molecule has 0 bridgehead atoms. The van der Waals surface area contributed by atoms with Crippen LogP contribution in [0.3, 0.4) is 0 Å². The first-order valence-electron chi connectivity index (χ1n) is 8.71. The highest BCUT2D eigenvalue weighted by Gasteiger charge is 2.07. The molecule has 2 aromatic carbocycles. The zero-order valence-corrected chi connectivity index (χ0v) is 16.1. The number of hydrogen-bond acceptors (Lipinski definition) is 2. The van der Waals surface area contributed by atoms with Crippen LogP contribution in [0.1, 0.15) is 37.5 Å². The normalized spacial score (nSPS) is 11.8. The largest absolute Gasteiger partial charge is 0.457 e. The Labute approximate surface area is 151 Å². The standard InChI is InChI=1S/C22H28N2O/c1-7-16(3)19-10-9-11-20(14-19)25-22-13-17(4)21(12-18(22)5)23-15-24(6)8-2/h7,9-15H,8H2,1-6H3/b16-7+,23-15-. The van der Waals surface area contributed by atoms with Gasteiger partial charge in [0.2, 0.25) is 0 Å². The first kappa shape index (κ1) is 18.8. The Morgan fingerprint density at radius 1 is 1.16 bits per heavy atom. The lowest BCUT2D eigenvalue weighted by molar-refractivity contribution is 0.478. The Kier molecular flexibility index (Phi) is 6.40. The van der Waals surface area contributed by atoms with Crippen LogP contribution in [-0.2, 0) is 0 Å². The second kappa shape index (κ2) is 8.52. The highest BCUT2D eigenvalue weighted by atomic mass is 16.5. The number of allylic oxidation sites excluding steroid dienone is 2. The number of aryl methyl sites for hydroxylation is 2. The van der Waals surface area contributed by atoms with Gasteiger partial charge in [-0.1, -0.05) is 18.2 Å². The maximum atomic E-state index is 6.14. The maximum Gasteiger partial charge on any atom is 0.130 e. The van der Waals surface area contributed by atoms with E-state index in [1.807, 2.05) is 37.3 Å². The fourth-order valence-corrected chi connectivity index (χ4v) is 2.36. The molecule has 0 N–H and O–H groups in total. The third kappa shape index (κ3) is 4.96. The van der Waals surface area contributed by atoms with Gasteiger partial charge in [-0.3, -0.25) is 0 Å². The Bertz CT molecular complexity index is 791. The summed E-state index contributed by atoms with van der Waals surface area (Å²) in [5.41, 5.74) is 5.57. The molecular weight excluding hydrogens is 308 g/mol. The van der Waals surface area contributed by atoms with Crippen LogP contribution < -0.4 is 4.74 Å². The molecule has 0 spiro atoms. The molecule has 0 unspecified atom stereocenters. The molecule has 0 atom stereocenters. The zero-order chi connectivity index (χ0) is 18.4. The van der Waals surface area contributed by atoms with E-state index >= 15 is 0 Å². The van der Waals surface area contributed by atoms with Crippen molar-refractivity contribution in [1.29, 1.82) is 0 Å². The van der Waals surface area contributed by atoms with E-state index in [0.29, 0.717) is 0 Å². The lowest BCUT2D eigenvalue weighted by Crippen LogP contribution is -2.14. The number of ether oxygens (including phenoxy) is 1. The van der Waals surface area contributed by atoms with Gasteiger partial charge in [0.25, 0.3) is 0 Å². The highest BCUT2D eigenvalue weighted by molar-refractivity contribution is 5.66. The Morgan fingerprint density at radius 3 is 2.60 bits per heavy atom. The predicted molar refractivity (Wildman–Crippen MR) is 108 cm³/mol. The summed E-state index contributed by atoms with van der Waals surface area (Å²) in [6, 6.07) is 12.3. The maximum absolute atomic E-state index is 6.14. The molecule has 0 heterocycles. The van der Waals surface area contributed by atoms with Crippen molar-refractivity contribution in [2.24, 2.45) is 4.99 Å². The quantitative estimate of drug-likeness (QED) is 0.468. The number of rotatable bonds is 6. The summed E-state index contributed by atoms with van der Waals surface area (Å²) >= 11 is 0. The summed E-state index contributed by atoms with van der Waals surface area (Å²) in [4.78, 5) is 6.62. The fourth-order valence-electron chi connectivity index (χ4n) is 2.36. The van der Waals surface area contributed by atoms with E-state index in [9.17, 15) is 0 Å². The molecule has 0 aromatic heterocycles. The average molecular weight is 336 g/mol. The second-order valence-corrected chi connectivity index (χ2v) is 6.32. The molecule has 0 amide bonds. The number of aliphatic imine (C=N–C) groups is 1. The molecule has 0 saturated heterocycles. The van der Waals surface area contributed by atoms with Gasteiger partial charge in [0, 0.05) is 13.6 Å². The lowest BCUT2D eigenvalue weighted by Gasteiger charge is -2.13. The third-order valence-corrected chi connectivity index (χ3v) is 4.34. The first-order chi connectivity index (χ1) is 11.9. The first-order valence-corrected chi connectivity index (χ1v) is 8.71. The Morgan fingerprint density at radius 2 is 1.92 bits per heavy atom. The molecule has 0 fully saturated rings. The molecule has 0 saturated carbocycles. The van der Waals surface area contributed by atoms with E-state index in [0.717, 1.165) is 34.9 Å². The summed E-state index contributed by atoms with van der Waals surface area (Å²) in [7, 11) is 2.02. The summed E-state index contributed by atoms with van der Waals surface area (Å²) in [6.45, 7) is 11.3. The second-order valence-electron chi connectivity index (χ2n) is 6.32. The van der Waals surface area contributed by atoms with Gasteiger partial charge < -0.3 is 9.64 Å². The fraction of sp³-hybridized carbons (Fsp3) is 0.318. The van der Waals surface area contributed by atoms with Crippen molar-refractivity contribution in [2.45, 2.75) is 34.6 Å². The van der Waals surface area contributed by atoms with Crippen molar-refractivity contribution in [3.8, 4) is 11.5 Å². The van der Waals surface area contributed by atoms with Crippen molar-refractivity contribution in [1.82, 2.24) is 4.90 Å². The van der Waals surface area contributed by atoms with Gasteiger partial charge in [-0.25, -0.2) is 4.99 Å². The van der Waals surface area contributed by atoms with Gasteiger partial charge in [-0.05, 0) is 81.1 Å². The van der Waals surface area contributed by atoms with Crippen LogP contribution in [0.2, 0.25) is 0 Å². The van der Waals surface area contributed by atoms with Crippen LogP contribution in [0.25, 0.3) is 5.57 Å². The summed E-state index contributed by atoms with van der Waals surface area (Å²) in [6.07, 6.45) is 3.97. The minimum absolute atomic E-state index is 0.850. The molecule has 2 aromatic rings. The van der Waals surface area contributed by atoms with Crippen LogP contribution in [0.4, 0.5) is 5.69 Å². The molecule has 25 heavy (non-hydrogen) atoms. The highest BCUT2D eigenvalue weighted by Crippen LogP contribution is 2.32. The van der Waals surface area contributed by atoms with Gasteiger partial charge in [0.15, 0.2) is 0 Å². The van der Waals surface area contributed by atoms with Gasteiger partial charge >= 0.3 is 0 Å². The minimum Gasteiger partial charge on any atom is -0.457 e. The van der Waals surface area contributed by atoms with Crippen molar-refractivity contribution in [3.63, 3.8) is 0 Å². The van der Waals surface area contributed by atoms with E-state index in [-0.39, 0.29) is 0 Å². The van der Waals surface area contributed by atoms with Gasteiger partial charge in [-0.2, -0.15) is 0 Å². The monoisotopic (exact) mass is 336 g/mol. The third-order valence-electron chi connectivity index (χ3n) is 4.34. The Hall–Kier alpha value is -2.55. The van der Waals surface area contributed by atoms with E-state index in [1.165, 1.54) is 11.1 Å². The molecule has 0 radical (unpaired) electrons. The average Bonchev–Trinajstić information content (AvgIpc) is 2.62. The van der Waals surface area contributed by atoms with Gasteiger partial charge in [-0.15, -0.1) is 0 Å². The summed E-state index contributed by atoms with van der Waals surface area (Å²) in [5, 5.41) is 0. The van der Waals surface area contributed by atoms with E-state index in [4.69, 9.17) is 4.74 Å². The molecule has 3 heteroatoms. The smallest absolute Gasteiger partial charge is 0.130 e. The molecule has 132 valence electrons. The van der Waals surface area contributed by atoms with Gasteiger partial charge in [0.05, 0.1) is 12.0 Å². The van der Waals surface area contributed by atoms with Crippen LogP contribution >= 0.6 is 0 Å². The summed E-state index contributed by atoms with van der Waals surface area (Å²) in [5.74, 6) is 1.72. The van der Waals surface area contributed by atoms with Gasteiger partial charge in [0.1, 0.15) is 11.5 Å². The molecule has 0 aliphatic carbocycles. The topological polar surface area (TPSA) is 24.8 Å². The van der Waals surface area contributed by atoms with Crippen LogP contribution in [0.15, 0.2) is 47.5 Å². The van der Waals surface area contributed by atoms with Crippen LogP contribution in [-0.4, -0.2) is 24.8 Å². The molecule has 3 nitrogen and oxygen atoms in total. The van der Waals surface area contributed by atoms with Crippen molar-refractivity contribution in [2.75, 3.05) is 13.6 Å². The van der Waals surface area contributed by atoms with Crippen molar-refractivity contribution in [3.05, 3.63) is 59.2 Å². The van der Waals surface area contributed by atoms with Crippen molar-refractivity contribution < 1.29 is 4.74 Å². The number of hydrogen-bond donors (Lipinski definition) is 0. The number of benzene rings is 2. The Balaban J connectivity index is 2.27. The predicted octanol–water partition coefficient (Wildman–Crippen LogP) is 6.13. The molecule has 2 rings (SSSR count). The van der Waals surface area contributed by atoms with E-state index < -0.39 is 0 Å². The van der Waals surface area contributed by atoms with Crippen molar-refractivity contribution >= 4 is 17.6 Å². The zero-order valence-electron chi connectivity index (χ0n) is 16.1. The molecular formula is C22H28N2O. The van der Waals surface area contributed by atoms with E-state index in [2.05, 4.69) is 63.0 Å². The number of nitrogens with zero attached hydrogens (tertiary/aromatic N) is 2. The minimum atomic E-state index is 0.850. The SMILES string of the molecule is C/C=C(\C)c1cccc(Oc2cc(C)c(/N=C\N(C)CC)cc2C)c1. The van der Waals surface area contributed by atoms with Crippen LogP contribution in [0.5, 0.6) is 11.5 Å². The molecule has 0 aliphatic heterocycles. The lowest BCUT2D eigenvalue weighted by atomic mass is 10.1. The summed E-state index contributed by atoms with van der Waals surface area (Å²) < 4.78 is 6.14. The van der Waals surface area contributed by atoms with Crippen LogP contribution in [0, 0.1) is 13.8 Å².